The monoisotopic (exact) mass is 791 g/mol. The van der Waals surface area contributed by atoms with Crippen molar-refractivity contribution in [3.8, 4) is 28.4 Å². The molecule has 0 atom stereocenters. The number of ether oxygens (including phenoxy) is 1. The van der Waals surface area contributed by atoms with E-state index in [9.17, 15) is 0 Å². The van der Waals surface area contributed by atoms with Gasteiger partial charge in [-0.1, -0.05) is 98.7 Å². The second kappa shape index (κ2) is 12.0. The number of para-hydroxylation sites is 3. The average molecular weight is 792 g/mol. The number of rotatable bonds is 4. The maximum absolute atomic E-state index is 6.48. The van der Waals surface area contributed by atoms with E-state index in [1.807, 2.05) is 47.0 Å². The number of aromatic nitrogens is 2. The fourth-order valence-corrected chi connectivity index (χ4v) is 6.26. The van der Waals surface area contributed by atoms with Crippen LogP contribution in [0.1, 0.15) is 26.3 Å². The predicted molar refractivity (Wildman–Crippen MR) is 186 cm³/mol. The molecule has 234 valence electrons. The van der Waals surface area contributed by atoms with Gasteiger partial charge in [0, 0.05) is 44.3 Å². The molecule has 0 fully saturated rings. The minimum atomic E-state index is -0.00434. The molecule has 0 spiro atoms. The molecule has 0 aliphatic carbocycles. The summed E-state index contributed by atoms with van der Waals surface area (Å²) >= 11 is 0. The van der Waals surface area contributed by atoms with Crippen LogP contribution < -0.4 is 9.64 Å². The second-order valence-electron chi connectivity index (χ2n) is 12.6. The Morgan fingerprint density at radius 1 is 0.723 bits per heavy atom. The van der Waals surface area contributed by atoms with E-state index in [4.69, 9.17) is 9.72 Å². The first-order valence-electron chi connectivity index (χ1n) is 15.5. The number of benzene rings is 5. The van der Waals surface area contributed by atoms with Crippen molar-refractivity contribution in [1.82, 2.24) is 9.55 Å². The summed E-state index contributed by atoms with van der Waals surface area (Å²) in [6.45, 7) is 6.66. The van der Waals surface area contributed by atoms with E-state index in [0.29, 0.717) is 11.5 Å². The third-order valence-electron chi connectivity index (χ3n) is 8.56. The molecular weight excluding hydrogens is 760 g/mol. The number of fused-ring (bicyclic) bond motifs is 6. The van der Waals surface area contributed by atoms with Crippen LogP contribution in [-0.4, -0.2) is 27.5 Å². The Morgan fingerprint density at radius 3 is 2.32 bits per heavy atom. The molecule has 1 aliphatic heterocycles. The van der Waals surface area contributed by atoms with E-state index in [-0.39, 0.29) is 26.5 Å². The third kappa shape index (κ3) is 5.45. The SMILES string of the molecule is C[N+]1=[C-]N(c2[c-]c(Oc3[c-]c4c(cc3)c3ccccc3n4-c3cc(C(C)(C)C)ccn3)ccc2)c2ccccc2-c2ccccc21.[Pt]. The van der Waals surface area contributed by atoms with Gasteiger partial charge in [0.25, 0.3) is 0 Å². The van der Waals surface area contributed by atoms with Crippen LogP contribution in [0, 0.1) is 12.1 Å². The van der Waals surface area contributed by atoms with E-state index >= 15 is 0 Å². The Morgan fingerprint density at radius 2 is 1.47 bits per heavy atom. The first kappa shape index (κ1) is 30.7. The van der Waals surface area contributed by atoms with E-state index < -0.39 is 0 Å². The normalized spacial score (nSPS) is 12.6. The van der Waals surface area contributed by atoms with Gasteiger partial charge in [-0.3, -0.25) is 0 Å². The summed E-state index contributed by atoms with van der Waals surface area (Å²) in [6, 6.07) is 46.6. The largest absolute Gasteiger partial charge is 0.510 e. The molecule has 6 heteroatoms. The number of nitrogens with zero attached hydrogens (tertiary/aromatic N) is 4. The number of anilines is 2. The van der Waals surface area contributed by atoms with E-state index in [1.165, 1.54) is 5.56 Å². The van der Waals surface area contributed by atoms with Crippen molar-refractivity contribution < 1.29 is 30.4 Å². The molecule has 0 radical (unpaired) electrons. The number of pyridine rings is 1. The van der Waals surface area contributed by atoms with Gasteiger partial charge in [-0.25, -0.2) is 4.98 Å². The Labute approximate surface area is 289 Å². The first-order chi connectivity index (χ1) is 22.3. The summed E-state index contributed by atoms with van der Waals surface area (Å²) in [5, 5.41) is 2.24. The van der Waals surface area contributed by atoms with Crippen LogP contribution in [0.3, 0.4) is 0 Å². The smallest absolute Gasteiger partial charge is 0.243 e. The molecule has 0 saturated carbocycles. The molecule has 0 N–H and O–H groups in total. The summed E-state index contributed by atoms with van der Waals surface area (Å²) in [7, 11) is 2.02. The molecule has 47 heavy (non-hydrogen) atoms. The molecule has 0 saturated heterocycles. The average Bonchev–Trinajstić information content (AvgIpc) is 3.34. The van der Waals surface area contributed by atoms with Gasteiger partial charge in [0.1, 0.15) is 5.82 Å². The number of hydrogen-bond acceptors (Lipinski definition) is 3. The van der Waals surface area contributed by atoms with Crippen LogP contribution >= 0.6 is 0 Å². The molecule has 2 aromatic heterocycles. The van der Waals surface area contributed by atoms with Crippen LogP contribution in [0.4, 0.5) is 17.1 Å². The molecular formula is C41H32N4OPt-2. The van der Waals surface area contributed by atoms with E-state index in [2.05, 4.69) is 135 Å². The van der Waals surface area contributed by atoms with Crippen molar-refractivity contribution in [1.29, 1.82) is 0 Å². The molecule has 5 nitrogen and oxygen atoms in total. The van der Waals surface area contributed by atoms with Crippen molar-refractivity contribution >= 4 is 45.2 Å². The minimum Gasteiger partial charge on any atom is -0.510 e. The zero-order valence-corrected chi connectivity index (χ0v) is 28.8. The van der Waals surface area contributed by atoms with Gasteiger partial charge in [0.05, 0.1) is 18.4 Å². The molecule has 0 unspecified atom stereocenters. The predicted octanol–water partition coefficient (Wildman–Crippen LogP) is 9.86. The zero-order chi connectivity index (χ0) is 31.4. The van der Waals surface area contributed by atoms with Crippen molar-refractivity contribution in [2.24, 2.45) is 0 Å². The molecule has 5 aromatic carbocycles. The van der Waals surface area contributed by atoms with Gasteiger partial charge in [-0.15, -0.1) is 29.7 Å². The Bertz CT molecular complexity index is 2310. The summed E-state index contributed by atoms with van der Waals surface area (Å²) < 4.78 is 10.7. The third-order valence-corrected chi connectivity index (χ3v) is 8.56. The van der Waals surface area contributed by atoms with E-state index in [0.717, 1.165) is 55.8 Å². The molecule has 3 heterocycles. The fourth-order valence-electron chi connectivity index (χ4n) is 6.26. The molecule has 1 aliphatic rings. The second-order valence-corrected chi connectivity index (χ2v) is 12.6. The van der Waals surface area contributed by atoms with Gasteiger partial charge in [-0.05, 0) is 45.7 Å². The molecule has 8 rings (SSSR count). The molecule has 0 amide bonds. The molecule has 0 bridgehead atoms. The minimum absolute atomic E-state index is 0. The van der Waals surface area contributed by atoms with Gasteiger partial charge >= 0.3 is 0 Å². The maximum Gasteiger partial charge on any atom is 0.243 e. The Hall–Kier alpha value is -4.99. The Balaban J connectivity index is 0.00000351. The van der Waals surface area contributed by atoms with Crippen molar-refractivity contribution in [3.05, 3.63) is 139 Å². The summed E-state index contributed by atoms with van der Waals surface area (Å²) in [5.41, 5.74) is 8.43. The number of hydrogen-bond donors (Lipinski definition) is 0. The van der Waals surface area contributed by atoms with Gasteiger partial charge in [0.15, 0.2) is 0 Å². The van der Waals surface area contributed by atoms with E-state index in [1.54, 1.807) is 0 Å². The van der Waals surface area contributed by atoms with Crippen molar-refractivity contribution in [3.63, 3.8) is 0 Å². The van der Waals surface area contributed by atoms with Gasteiger partial charge in [-0.2, -0.15) is 18.2 Å². The van der Waals surface area contributed by atoms with Crippen LogP contribution in [0.25, 0.3) is 38.8 Å². The summed E-state index contributed by atoms with van der Waals surface area (Å²) in [4.78, 5) is 6.84. The first-order valence-corrected chi connectivity index (χ1v) is 15.5. The summed E-state index contributed by atoms with van der Waals surface area (Å²) in [5.74, 6) is 2.05. The van der Waals surface area contributed by atoms with Gasteiger partial charge < -0.3 is 18.8 Å². The molecule has 7 aromatic rings. The van der Waals surface area contributed by atoms with Crippen LogP contribution in [-0.2, 0) is 26.5 Å². The quantitative estimate of drug-likeness (QED) is 0.132. The fraction of sp³-hybridized carbons (Fsp3) is 0.122. The zero-order valence-electron chi connectivity index (χ0n) is 26.6. The topological polar surface area (TPSA) is 33.3 Å². The summed E-state index contributed by atoms with van der Waals surface area (Å²) in [6.07, 6.45) is 5.43. The van der Waals surface area contributed by atoms with Crippen LogP contribution in [0.2, 0.25) is 0 Å². The van der Waals surface area contributed by atoms with Crippen LogP contribution in [0.5, 0.6) is 11.5 Å². The van der Waals surface area contributed by atoms with Crippen molar-refractivity contribution in [2.45, 2.75) is 26.2 Å². The van der Waals surface area contributed by atoms with Crippen LogP contribution in [0.15, 0.2) is 121 Å². The van der Waals surface area contributed by atoms with Crippen molar-refractivity contribution in [2.75, 3.05) is 11.9 Å². The standard InChI is InChI=1S/C41H32N4O.Pt/c1-41(2,3)28-22-23-42-40(24-28)45-38-19-10-7-16-34(38)35-21-20-31(26-39(35)45)46-30-13-11-12-29(25-30)44-27-43(4)36-17-8-5-14-32(36)33-15-6-9-18-37(33)44;/h5-24H,1-4H3;/q-2;. The maximum atomic E-state index is 6.48. The Kier molecular flexibility index (Phi) is 7.82. The van der Waals surface area contributed by atoms with Gasteiger partial charge in [0.2, 0.25) is 6.34 Å².